The monoisotopic (exact) mass is 280 g/mol. The van der Waals surface area contributed by atoms with Crippen LogP contribution in [0.4, 0.5) is 0 Å². The lowest BCUT2D eigenvalue weighted by molar-refractivity contribution is -0.137. The average Bonchev–Trinajstić information content (AvgIpc) is 2.43. The minimum atomic E-state index is -0.668. The van der Waals surface area contributed by atoms with Crippen LogP contribution in [-0.4, -0.2) is 11.1 Å². The molecule has 0 unspecified atom stereocenters. The van der Waals surface area contributed by atoms with Gasteiger partial charge in [0.05, 0.1) is 0 Å². The molecule has 0 bridgehead atoms. The Labute approximate surface area is 125 Å². The minimum Gasteiger partial charge on any atom is -0.481 e. The number of hydrogen-bond donors (Lipinski definition) is 1. The fourth-order valence-electron chi connectivity index (χ4n) is 2.07. The molecule has 0 aliphatic rings. The Hall–Kier alpha value is -1.05. The van der Waals surface area contributed by atoms with Crippen molar-refractivity contribution in [1.82, 2.24) is 0 Å². The third-order valence-electron chi connectivity index (χ3n) is 3.34. The summed E-state index contributed by atoms with van der Waals surface area (Å²) in [5, 5.41) is 8.50. The fraction of sp³-hybridized carbons (Fsp3) is 0.722. The van der Waals surface area contributed by atoms with E-state index in [1.165, 1.54) is 51.4 Å². The van der Waals surface area contributed by atoms with Crippen molar-refractivity contribution < 1.29 is 9.90 Å². The van der Waals surface area contributed by atoms with E-state index in [4.69, 9.17) is 5.11 Å². The lowest BCUT2D eigenvalue weighted by atomic mass is 10.1. The maximum Gasteiger partial charge on any atom is 0.303 e. The molecule has 1 N–H and O–H groups in total. The number of carboxylic acid groups (broad SMARTS) is 1. The standard InChI is InChI=1S/C18H32O2/c1-2-3-4-5-6-7-8-9-10-11-12-13-14-15-16-17-18(19)20/h5-6,8-9H,2-4,7,10-17H2,1H3,(H,19,20)/b6-5-,9-8-. The number of carboxylic acids is 1. The van der Waals surface area contributed by atoms with Gasteiger partial charge in [-0.2, -0.15) is 0 Å². The van der Waals surface area contributed by atoms with Crippen LogP contribution in [0.2, 0.25) is 0 Å². The van der Waals surface area contributed by atoms with Gasteiger partial charge in [-0.25, -0.2) is 0 Å². The summed E-state index contributed by atoms with van der Waals surface area (Å²) in [7, 11) is 0. The molecule has 20 heavy (non-hydrogen) atoms. The van der Waals surface area contributed by atoms with Crippen molar-refractivity contribution in [2.75, 3.05) is 0 Å². The summed E-state index contributed by atoms with van der Waals surface area (Å²) in [6, 6.07) is 0. The van der Waals surface area contributed by atoms with E-state index in [-0.39, 0.29) is 0 Å². The number of carbonyl (C=O) groups is 1. The van der Waals surface area contributed by atoms with E-state index in [1.807, 2.05) is 0 Å². The third kappa shape index (κ3) is 16.9. The Kier molecular flexibility index (Phi) is 15.2. The largest absolute Gasteiger partial charge is 0.481 e. The summed E-state index contributed by atoms with van der Waals surface area (Å²) in [5.74, 6) is -0.668. The topological polar surface area (TPSA) is 37.3 Å². The molecule has 0 fully saturated rings. The summed E-state index contributed by atoms with van der Waals surface area (Å²) in [5.41, 5.74) is 0. The van der Waals surface area contributed by atoms with Crippen molar-refractivity contribution in [3.8, 4) is 0 Å². The predicted molar refractivity (Wildman–Crippen MR) is 87.0 cm³/mol. The maximum absolute atomic E-state index is 10.3. The van der Waals surface area contributed by atoms with Gasteiger partial charge in [0.1, 0.15) is 0 Å². The fourth-order valence-corrected chi connectivity index (χ4v) is 2.07. The molecule has 0 aliphatic heterocycles. The highest BCUT2D eigenvalue weighted by molar-refractivity contribution is 5.66. The average molecular weight is 280 g/mol. The molecular formula is C18H32O2. The molecular weight excluding hydrogens is 248 g/mol. The molecule has 0 spiro atoms. The summed E-state index contributed by atoms with van der Waals surface area (Å²) in [6.45, 7) is 2.22. The highest BCUT2D eigenvalue weighted by atomic mass is 16.4. The molecule has 0 saturated heterocycles. The second-order valence-corrected chi connectivity index (χ2v) is 5.37. The first-order valence-electron chi connectivity index (χ1n) is 8.29. The summed E-state index contributed by atoms with van der Waals surface area (Å²) < 4.78 is 0. The van der Waals surface area contributed by atoms with Crippen molar-refractivity contribution in [3.63, 3.8) is 0 Å². The van der Waals surface area contributed by atoms with Gasteiger partial charge in [-0.1, -0.05) is 69.8 Å². The van der Waals surface area contributed by atoms with Crippen molar-refractivity contribution in [2.45, 2.75) is 84.0 Å². The molecule has 0 aromatic rings. The normalized spacial score (nSPS) is 11.7. The highest BCUT2D eigenvalue weighted by Crippen LogP contribution is 2.09. The van der Waals surface area contributed by atoms with Crippen LogP contribution in [0.3, 0.4) is 0 Å². The smallest absolute Gasteiger partial charge is 0.303 e. The van der Waals surface area contributed by atoms with E-state index in [0.717, 1.165) is 19.3 Å². The van der Waals surface area contributed by atoms with Gasteiger partial charge in [0, 0.05) is 6.42 Å². The zero-order chi connectivity index (χ0) is 14.9. The Bertz CT molecular complexity index is 267. The zero-order valence-corrected chi connectivity index (χ0v) is 13.2. The van der Waals surface area contributed by atoms with Gasteiger partial charge in [0.15, 0.2) is 0 Å². The number of rotatable bonds is 14. The molecule has 0 aliphatic carbocycles. The van der Waals surface area contributed by atoms with Crippen LogP contribution in [0, 0.1) is 0 Å². The van der Waals surface area contributed by atoms with Crippen LogP contribution in [0.5, 0.6) is 0 Å². The molecule has 0 amide bonds. The van der Waals surface area contributed by atoms with Gasteiger partial charge >= 0.3 is 5.97 Å². The van der Waals surface area contributed by atoms with E-state index >= 15 is 0 Å². The van der Waals surface area contributed by atoms with Crippen molar-refractivity contribution in [2.24, 2.45) is 0 Å². The SMILES string of the molecule is CCCC/C=C\C/C=C\CCCCCCCCC(=O)O. The van der Waals surface area contributed by atoms with Gasteiger partial charge < -0.3 is 5.11 Å². The van der Waals surface area contributed by atoms with Crippen LogP contribution in [0.25, 0.3) is 0 Å². The predicted octanol–water partition coefficient (Wildman–Crippen LogP) is 5.88. The van der Waals surface area contributed by atoms with Gasteiger partial charge in [0.2, 0.25) is 0 Å². The highest BCUT2D eigenvalue weighted by Gasteiger charge is 1.95. The lowest BCUT2D eigenvalue weighted by Crippen LogP contribution is -1.93. The van der Waals surface area contributed by atoms with Crippen molar-refractivity contribution in [1.29, 1.82) is 0 Å². The Morgan fingerprint density at radius 2 is 1.35 bits per heavy atom. The number of allylic oxidation sites excluding steroid dienone is 4. The summed E-state index contributed by atoms with van der Waals surface area (Å²) in [6.07, 6.45) is 22.3. The molecule has 0 saturated carbocycles. The van der Waals surface area contributed by atoms with Gasteiger partial charge in [-0.05, 0) is 32.1 Å². The third-order valence-corrected chi connectivity index (χ3v) is 3.34. The number of aliphatic carboxylic acids is 1. The van der Waals surface area contributed by atoms with E-state index in [1.54, 1.807) is 0 Å². The van der Waals surface area contributed by atoms with E-state index < -0.39 is 5.97 Å². The van der Waals surface area contributed by atoms with Crippen LogP contribution < -0.4 is 0 Å². The van der Waals surface area contributed by atoms with Crippen LogP contribution in [0.1, 0.15) is 84.0 Å². The second-order valence-electron chi connectivity index (χ2n) is 5.37. The Morgan fingerprint density at radius 3 is 1.95 bits per heavy atom. The summed E-state index contributed by atoms with van der Waals surface area (Å²) >= 11 is 0. The van der Waals surface area contributed by atoms with Crippen LogP contribution in [-0.2, 0) is 4.79 Å². The molecule has 0 heterocycles. The second kappa shape index (κ2) is 16.0. The quantitative estimate of drug-likeness (QED) is 0.318. The maximum atomic E-state index is 10.3. The van der Waals surface area contributed by atoms with Crippen molar-refractivity contribution in [3.05, 3.63) is 24.3 Å². The van der Waals surface area contributed by atoms with Crippen LogP contribution >= 0.6 is 0 Å². The molecule has 0 rings (SSSR count). The van der Waals surface area contributed by atoms with E-state index in [2.05, 4.69) is 31.2 Å². The summed E-state index contributed by atoms with van der Waals surface area (Å²) in [4.78, 5) is 10.3. The molecule has 0 aromatic carbocycles. The molecule has 2 nitrogen and oxygen atoms in total. The number of unbranched alkanes of at least 4 members (excludes halogenated alkanes) is 8. The molecule has 116 valence electrons. The van der Waals surface area contributed by atoms with E-state index in [0.29, 0.717) is 6.42 Å². The Balaban J connectivity index is 3.15. The molecule has 2 heteroatoms. The van der Waals surface area contributed by atoms with Crippen LogP contribution in [0.15, 0.2) is 24.3 Å². The lowest BCUT2D eigenvalue weighted by Gasteiger charge is -1.99. The van der Waals surface area contributed by atoms with E-state index in [9.17, 15) is 4.79 Å². The van der Waals surface area contributed by atoms with Gasteiger partial charge in [-0.15, -0.1) is 0 Å². The van der Waals surface area contributed by atoms with Gasteiger partial charge in [0.25, 0.3) is 0 Å². The zero-order valence-electron chi connectivity index (χ0n) is 13.2. The Morgan fingerprint density at radius 1 is 0.800 bits per heavy atom. The van der Waals surface area contributed by atoms with Gasteiger partial charge in [-0.3, -0.25) is 4.79 Å². The minimum absolute atomic E-state index is 0.328. The number of hydrogen-bond acceptors (Lipinski definition) is 1. The molecule has 0 atom stereocenters. The van der Waals surface area contributed by atoms with Crippen molar-refractivity contribution >= 4 is 5.97 Å². The first-order chi connectivity index (χ1) is 9.77. The molecule has 0 radical (unpaired) electrons. The first-order valence-corrected chi connectivity index (χ1v) is 8.29. The first kappa shape index (κ1) is 18.9. The molecule has 0 aromatic heterocycles.